The maximum atomic E-state index is 3.78. The monoisotopic (exact) mass is 285 g/mol. The summed E-state index contributed by atoms with van der Waals surface area (Å²) in [4.78, 5) is 0. The van der Waals surface area contributed by atoms with Crippen LogP contribution in [0.3, 0.4) is 0 Å². The lowest BCUT2D eigenvalue weighted by atomic mass is 9.72. The normalized spacial score (nSPS) is 29.6. The van der Waals surface area contributed by atoms with Crippen LogP contribution in [-0.4, -0.2) is 12.6 Å². The standard InChI is InChI=1S/C20H31N/c1-14-4-6-16(3)18(10-14)12-19-11-15(2)5-7-17(19)13-21-20-8-9-20/h4,6,10,15,17,19-21H,5,7-9,11-13H2,1-3H3. The summed E-state index contributed by atoms with van der Waals surface area (Å²) < 4.78 is 0. The van der Waals surface area contributed by atoms with Crippen LogP contribution in [0, 0.1) is 31.6 Å². The Labute approximate surface area is 130 Å². The van der Waals surface area contributed by atoms with Gasteiger partial charge in [-0.15, -0.1) is 0 Å². The van der Waals surface area contributed by atoms with Crippen molar-refractivity contribution in [1.29, 1.82) is 0 Å². The highest BCUT2D eigenvalue weighted by molar-refractivity contribution is 5.31. The van der Waals surface area contributed by atoms with Gasteiger partial charge in [0.25, 0.3) is 0 Å². The van der Waals surface area contributed by atoms with Crippen molar-refractivity contribution in [3.63, 3.8) is 0 Å². The van der Waals surface area contributed by atoms with Gasteiger partial charge >= 0.3 is 0 Å². The molecule has 0 spiro atoms. The van der Waals surface area contributed by atoms with E-state index in [4.69, 9.17) is 0 Å². The maximum Gasteiger partial charge on any atom is 0.00683 e. The van der Waals surface area contributed by atoms with Crippen molar-refractivity contribution in [2.75, 3.05) is 6.54 Å². The van der Waals surface area contributed by atoms with Crippen molar-refractivity contribution in [3.05, 3.63) is 34.9 Å². The Morgan fingerprint density at radius 3 is 2.62 bits per heavy atom. The number of aryl methyl sites for hydroxylation is 2. The fraction of sp³-hybridized carbons (Fsp3) is 0.700. The molecule has 116 valence electrons. The van der Waals surface area contributed by atoms with Gasteiger partial charge in [0.05, 0.1) is 0 Å². The van der Waals surface area contributed by atoms with E-state index in [1.165, 1.54) is 56.2 Å². The van der Waals surface area contributed by atoms with Gasteiger partial charge in [0.1, 0.15) is 0 Å². The lowest BCUT2D eigenvalue weighted by Crippen LogP contribution is -2.34. The summed E-state index contributed by atoms with van der Waals surface area (Å²) in [6, 6.07) is 7.81. The summed E-state index contributed by atoms with van der Waals surface area (Å²) in [7, 11) is 0. The third-order valence-corrected chi connectivity index (χ3v) is 5.63. The van der Waals surface area contributed by atoms with Crippen LogP contribution < -0.4 is 5.32 Å². The van der Waals surface area contributed by atoms with Gasteiger partial charge in [0.2, 0.25) is 0 Å². The molecule has 2 aliphatic carbocycles. The lowest BCUT2D eigenvalue weighted by molar-refractivity contribution is 0.183. The average Bonchev–Trinajstić information content (AvgIpc) is 3.26. The Morgan fingerprint density at radius 2 is 1.86 bits per heavy atom. The maximum absolute atomic E-state index is 3.78. The van der Waals surface area contributed by atoms with E-state index in [-0.39, 0.29) is 0 Å². The van der Waals surface area contributed by atoms with Crippen LogP contribution in [0.2, 0.25) is 0 Å². The summed E-state index contributed by atoms with van der Waals surface area (Å²) in [5.74, 6) is 2.68. The summed E-state index contributed by atoms with van der Waals surface area (Å²) in [5.41, 5.74) is 4.48. The molecule has 21 heavy (non-hydrogen) atoms. The first kappa shape index (κ1) is 15.1. The van der Waals surface area contributed by atoms with Gasteiger partial charge < -0.3 is 5.32 Å². The largest absolute Gasteiger partial charge is 0.314 e. The first-order valence-electron chi connectivity index (χ1n) is 8.91. The molecule has 2 fully saturated rings. The van der Waals surface area contributed by atoms with Crippen LogP contribution in [0.4, 0.5) is 0 Å². The predicted molar refractivity (Wildman–Crippen MR) is 90.6 cm³/mol. The zero-order chi connectivity index (χ0) is 14.8. The van der Waals surface area contributed by atoms with Crippen molar-refractivity contribution >= 4 is 0 Å². The number of nitrogens with one attached hydrogen (secondary N) is 1. The summed E-state index contributed by atoms with van der Waals surface area (Å²) in [6.45, 7) is 8.20. The van der Waals surface area contributed by atoms with Crippen LogP contribution in [-0.2, 0) is 6.42 Å². The topological polar surface area (TPSA) is 12.0 Å². The molecular weight excluding hydrogens is 254 g/mol. The van der Waals surface area contributed by atoms with Crippen LogP contribution in [0.1, 0.15) is 55.7 Å². The van der Waals surface area contributed by atoms with Gasteiger partial charge in [0.15, 0.2) is 0 Å². The molecule has 0 saturated heterocycles. The van der Waals surface area contributed by atoms with E-state index in [0.29, 0.717) is 0 Å². The number of benzene rings is 1. The fourth-order valence-electron chi connectivity index (χ4n) is 3.99. The van der Waals surface area contributed by atoms with Crippen LogP contribution in [0.15, 0.2) is 18.2 Å². The van der Waals surface area contributed by atoms with E-state index < -0.39 is 0 Å². The Hall–Kier alpha value is -0.820. The Balaban J connectivity index is 1.67. The zero-order valence-corrected chi connectivity index (χ0v) is 14.0. The van der Waals surface area contributed by atoms with E-state index in [9.17, 15) is 0 Å². The minimum absolute atomic E-state index is 0.853. The molecule has 1 N–H and O–H groups in total. The van der Waals surface area contributed by atoms with Crippen molar-refractivity contribution in [2.45, 2.75) is 65.3 Å². The summed E-state index contributed by atoms with van der Waals surface area (Å²) in [6.07, 6.45) is 8.38. The van der Waals surface area contributed by atoms with Crippen LogP contribution in [0.25, 0.3) is 0 Å². The van der Waals surface area contributed by atoms with Gasteiger partial charge in [-0.05, 0) is 81.4 Å². The second-order valence-electron chi connectivity index (χ2n) is 7.75. The molecule has 0 heterocycles. The third-order valence-electron chi connectivity index (χ3n) is 5.63. The molecule has 0 bridgehead atoms. The Bertz CT molecular complexity index is 475. The van der Waals surface area contributed by atoms with E-state index in [1.807, 2.05) is 0 Å². The molecule has 2 aliphatic rings. The highest BCUT2D eigenvalue weighted by Gasteiger charge is 2.30. The summed E-state index contributed by atoms with van der Waals surface area (Å²) in [5, 5.41) is 3.78. The molecule has 3 atom stereocenters. The molecule has 1 nitrogen and oxygen atoms in total. The molecular formula is C20H31N. The van der Waals surface area contributed by atoms with Gasteiger partial charge in [0, 0.05) is 6.04 Å². The number of hydrogen-bond donors (Lipinski definition) is 1. The minimum atomic E-state index is 0.853. The van der Waals surface area contributed by atoms with Crippen LogP contribution >= 0.6 is 0 Å². The van der Waals surface area contributed by atoms with Gasteiger partial charge in [-0.2, -0.15) is 0 Å². The molecule has 0 aromatic heterocycles. The molecule has 0 aliphatic heterocycles. The Morgan fingerprint density at radius 1 is 1.05 bits per heavy atom. The van der Waals surface area contributed by atoms with Crippen molar-refractivity contribution in [2.24, 2.45) is 17.8 Å². The lowest BCUT2D eigenvalue weighted by Gasteiger charge is -2.35. The van der Waals surface area contributed by atoms with E-state index in [1.54, 1.807) is 5.56 Å². The first-order valence-corrected chi connectivity index (χ1v) is 8.91. The molecule has 3 unspecified atom stereocenters. The quantitative estimate of drug-likeness (QED) is 0.830. The average molecular weight is 285 g/mol. The number of rotatable bonds is 5. The zero-order valence-electron chi connectivity index (χ0n) is 14.0. The molecule has 1 aromatic carbocycles. The SMILES string of the molecule is Cc1ccc(C)c(CC2CC(C)CCC2CNC2CC2)c1. The van der Waals surface area contributed by atoms with Crippen molar-refractivity contribution in [1.82, 2.24) is 5.32 Å². The van der Waals surface area contributed by atoms with Gasteiger partial charge in [-0.3, -0.25) is 0 Å². The molecule has 3 rings (SSSR count). The second-order valence-corrected chi connectivity index (χ2v) is 7.75. The van der Waals surface area contributed by atoms with Crippen molar-refractivity contribution < 1.29 is 0 Å². The highest BCUT2D eigenvalue weighted by Crippen LogP contribution is 2.36. The van der Waals surface area contributed by atoms with Crippen LogP contribution in [0.5, 0.6) is 0 Å². The smallest absolute Gasteiger partial charge is 0.00683 e. The van der Waals surface area contributed by atoms with Crippen molar-refractivity contribution in [3.8, 4) is 0 Å². The third kappa shape index (κ3) is 4.10. The van der Waals surface area contributed by atoms with E-state index in [0.717, 1.165) is 23.8 Å². The highest BCUT2D eigenvalue weighted by atomic mass is 14.9. The predicted octanol–water partition coefficient (Wildman–Crippen LogP) is 4.65. The van der Waals surface area contributed by atoms with Gasteiger partial charge in [-0.25, -0.2) is 0 Å². The molecule has 2 saturated carbocycles. The molecule has 0 radical (unpaired) electrons. The summed E-state index contributed by atoms with van der Waals surface area (Å²) >= 11 is 0. The fourth-order valence-corrected chi connectivity index (χ4v) is 3.99. The molecule has 0 amide bonds. The minimum Gasteiger partial charge on any atom is -0.314 e. The first-order chi connectivity index (χ1) is 10.1. The molecule has 1 aromatic rings. The Kier molecular flexibility index (Phi) is 4.69. The second kappa shape index (κ2) is 6.52. The number of hydrogen-bond acceptors (Lipinski definition) is 1. The van der Waals surface area contributed by atoms with Gasteiger partial charge in [-0.1, -0.05) is 37.1 Å². The van der Waals surface area contributed by atoms with E-state index >= 15 is 0 Å². The van der Waals surface area contributed by atoms with E-state index in [2.05, 4.69) is 44.3 Å². The molecule has 1 heteroatoms.